The number of aromatic nitrogens is 2. The van der Waals surface area contributed by atoms with E-state index in [0.29, 0.717) is 24.0 Å². The number of ether oxygens (including phenoxy) is 1. The first-order valence-electron chi connectivity index (χ1n) is 11.1. The molecule has 12 nitrogen and oxygen atoms in total. The van der Waals surface area contributed by atoms with Gasteiger partial charge in [-0.25, -0.2) is 9.36 Å². The second kappa shape index (κ2) is 10.2. The van der Waals surface area contributed by atoms with Crippen molar-refractivity contribution in [1.82, 2.24) is 19.5 Å². The molecule has 1 aromatic carbocycles. The van der Waals surface area contributed by atoms with Crippen molar-refractivity contribution in [2.24, 2.45) is 0 Å². The Balaban J connectivity index is 1.53. The summed E-state index contributed by atoms with van der Waals surface area (Å²) >= 11 is 0. The number of nitrogens with zero attached hydrogens (tertiary/aromatic N) is 3. The zero-order valence-electron chi connectivity index (χ0n) is 19.2. The summed E-state index contributed by atoms with van der Waals surface area (Å²) in [6, 6.07) is 8.16. The van der Waals surface area contributed by atoms with E-state index in [-0.39, 0.29) is 17.5 Å². The Morgan fingerprint density at radius 1 is 1.31 bits per heavy atom. The van der Waals surface area contributed by atoms with Crippen molar-refractivity contribution in [2.75, 3.05) is 25.9 Å². The normalized spacial score (nSPS) is 27.6. The number of likely N-dealkylation sites (N-methyl/N-ethyl adjacent to an activating group) is 1. The number of benzene rings is 1. The maximum atomic E-state index is 14.8. The molecule has 196 valence electrons. The van der Waals surface area contributed by atoms with Crippen LogP contribution in [0.2, 0.25) is 0 Å². The minimum Gasteiger partial charge on any atom is -0.413 e. The number of carbonyl (C=O) groups is 1. The van der Waals surface area contributed by atoms with Crippen LogP contribution in [0.4, 0.5) is 14.6 Å². The van der Waals surface area contributed by atoms with Gasteiger partial charge in [-0.15, -0.1) is 0 Å². The molecule has 0 saturated carbocycles. The molecule has 1 aromatic heterocycles. The van der Waals surface area contributed by atoms with Crippen LogP contribution in [0.3, 0.4) is 0 Å². The second-order valence-electron chi connectivity index (χ2n) is 8.47. The number of rotatable bonds is 8. The molecule has 4 rings (SSSR count). The number of hydrogen-bond acceptors (Lipinski definition) is 9. The molecule has 2 aliphatic heterocycles. The van der Waals surface area contributed by atoms with Gasteiger partial charge in [0.15, 0.2) is 6.10 Å². The van der Waals surface area contributed by atoms with Gasteiger partial charge in [-0.2, -0.15) is 18.9 Å². The Kier molecular flexibility index (Phi) is 7.43. The molecule has 15 heteroatoms. The summed E-state index contributed by atoms with van der Waals surface area (Å²) in [6.07, 6.45) is -4.38. The highest BCUT2D eigenvalue weighted by Gasteiger charge is 2.60. The summed E-state index contributed by atoms with van der Waals surface area (Å²) in [7, 11) is -2.74. The topological polar surface area (TPSA) is 158 Å². The molecular weight excluding hydrogens is 503 g/mol. The summed E-state index contributed by atoms with van der Waals surface area (Å²) in [4.78, 5) is 29.4. The highest BCUT2D eigenvalue weighted by Crippen LogP contribution is 2.48. The van der Waals surface area contributed by atoms with Gasteiger partial charge in [0, 0.05) is 19.8 Å². The van der Waals surface area contributed by atoms with Gasteiger partial charge in [0.1, 0.15) is 17.7 Å². The molecule has 36 heavy (non-hydrogen) atoms. The number of nitrogen functional groups attached to an aromatic ring is 1. The minimum atomic E-state index is -4.33. The van der Waals surface area contributed by atoms with Crippen LogP contribution in [0.1, 0.15) is 19.1 Å². The molecule has 0 bridgehead atoms. The fourth-order valence-electron chi connectivity index (χ4n) is 3.94. The van der Waals surface area contributed by atoms with Crippen molar-refractivity contribution < 1.29 is 37.0 Å². The van der Waals surface area contributed by atoms with Gasteiger partial charge in [-0.1, -0.05) is 18.2 Å². The predicted molar refractivity (Wildman–Crippen MR) is 122 cm³/mol. The molecular formula is C21H26F2N5O7P. The molecule has 2 aliphatic rings. The highest BCUT2D eigenvalue weighted by molar-refractivity contribution is 7.52. The van der Waals surface area contributed by atoms with E-state index >= 15 is 0 Å². The van der Waals surface area contributed by atoms with Crippen molar-refractivity contribution in [3.05, 3.63) is 53.1 Å². The van der Waals surface area contributed by atoms with Gasteiger partial charge >= 0.3 is 19.4 Å². The Hall–Kier alpha value is -2.90. The number of halogens is 2. The molecule has 0 radical (unpaired) electrons. The summed E-state index contributed by atoms with van der Waals surface area (Å²) in [5.74, 6) is -4.29. The average Bonchev–Trinajstić information content (AvgIpc) is 3.05. The standard InChI is InChI=1S/C21H26F2N5O7P/c1-27-10-5-8-14(18(27)30)26-36(32,35-13-6-3-2-4-7-13)33-12-15-17(29)21(22,23)19(34-15)28-11-9-16(24)25-20(28)31/h2-4,6-7,9,11,14-15,17,19,29H,5,8,10,12H2,1H3,(H,26,32)(H2,24,25,31). The number of nitrogens with two attached hydrogens (primary N) is 1. The number of nitrogens with one attached hydrogen (secondary N) is 1. The van der Waals surface area contributed by atoms with Gasteiger partial charge < -0.3 is 25.0 Å². The van der Waals surface area contributed by atoms with Crippen molar-refractivity contribution in [2.45, 2.75) is 43.2 Å². The Morgan fingerprint density at radius 2 is 2.03 bits per heavy atom. The van der Waals surface area contributed by atoms with Crippen LogP contribution in [0.5, 0.6) is 5.75 Å². The third-order valence-corrected chi connectivity index (χ3v) is 7.40. The smallest absolute Gasteiger partial charge is 0.413 e. The number of piperidine rings is 1. The Labute approximate surface area is 204 Å². The Morgan fingerprint density at radius 3 is 2.72 bits per heavy atom. The first-order chi connectivity index (χ1) is 17.0. The zero-order chi connectivity index (χ0) is 26.1. The van der Waals surface area contributed by atoms with E-state index in [9.17, 15) is 28.0 Å². The first kappa shape index (κ1) is 26.2. The average molecular weight is 529 g/mol. The number of hydrogen-bond donors (Lipinski definition) is 3. The van der Waals surface area contributed by atoms with Crippen molar-refractivity contribution in [1.29, 1.82) is 0 Å². The maximum absolute atomic E-state index is 14.8. The predicted octanol–water partition coefficient (Wildman–Crippen LogP) is 1.13. The summed E-state index contributed by atoms with van der Waals surface area (Å²) in [5, 5.41) is 12.8. The number of carbonyl (C=O) groups excluding carboxylic acids is 1. The van der Waals surface area contributed by atoms with E-state index in [1.165, 1.54) is 17.0 Å². The molecule has 0 aliphatic carbocycles. The van der Waals surface area contributed by atoms with Crippen LogP contribution in [-0.2, 0) is 18.6 Å². The number of alkyl halides is 2. The summed E-state index contributed by atoms with van der Waals surface area (Å²) in [5.41, 5.74) is 4.30. The lowest BCUT2D eigenvalue weighted by molar-refractivity contribution is -0.140. The quantitative estimate of drug-likeness (QED) is 0.424. The molecule has 3 heterocycles. The molecule has 5 unspecified atom stereocenters. The van der Waals surface area contributed by atoms with Gasteiger partial charge in [0.2, 0.25) is 12.1 Å². The SMILES string of the molecule is CN1CCCC(NP(=O)(OCC2OC(n3ccc(N)nc3=O)C(F)(F)C2O)Oc2ccccc2)C1=O. The monoisotopic (exact) mass is 529 g/mol. The van der Waals surface area contributed by atoms with Gasteiger partial charge in [0.05, 0.1) is 12.6 Å². The third kappa shape index (κ3) is 5.42. The van der Waals surface area contributed by atoms with E-state index in [1.54, 1.807) is 25.2 Å². The van der Waals surface area contributed by atoms with E-state index in [4.69, 9.17) is 19.5 Å². The molecule has 5 atom stereocenters. The molecule has 4 N–H and O–H groups in total. The summed E-state index contributed by atoms with van der Waals surface area (Å²) in [6.45, 7) is -0.280. The van der Waals surface area contributed by atoms with Gasteiger partial charge in [0.25, 0.3) is 0 Å². The van der Waals surface area contributed by atoms with E-state index in [2.05, 4.69) is 10.1 Å². The van der Waals surface area contributed by atoms with Crippen LogP contribution in [0, 0.1) is 0 Å². The fraction of sp³-hybridized carbons (Fsp3) is 0.476. The number of likely N-dealkylation sites (tertiary alicyclic amines) is 1. The maximum Gasteiger partial charge on any atom is 0.459 e. The van der Waals surface area contributed by atoms with Gasteiger partial charge in [-0.3, -0.25) is 13.9 Å². The van der Waals surface area contributed by atoms with E-state index in [0.717, 1.165) is 12.3 Å². The van der Waals surface area contributed by atoms with Crippen LogP contribution in [0.15, 0.2) is 47.4 Å². The van der Waals surface area contributed by atoms with Crippen LogP contribution in [0.25, 0.3) is 0 Å². The first-order valence-corrected chi connectivity index (χ1v) is 12.6. The lowest BCUT2D eigenvalue weighted by Gasteiger charge is -2.32. The largest absolute Gasteiger partial charge is 0.459 e. The Bertz CT molecular complexity index is 1200. The second-order valence-corrected chi connectivity index (χ2v) is 10.2. The number of para-hydroxylation sites is 1. The number of anilines is 1. The summed E-state index contributed by atoms with van der Waals surface area (Å²) < 4.78 is 60.0. The number of aliphatic hydroxyl groups excluding tert-OH is 1. The highest BCUT2D eigenvalue weighted by atomic mass is 31.2. The minimum absolute atomic E-state index is 0.139. The van der Waals surface area contributed by atoms with Crippen molar-refractivity contribution >= 4 is 19.5 Å². The van der Waals surface area contributed by atoms with E-state index < -0.39 is 50.4 Å². The third-order valence-electron chi connectivity index (χ3n) is 5.84. The van der Waals surface area contributed by atoms with E-state index in [1.807, 2.05) is 0 Å². The zero-order valence-corrected chi connectivity index (χ0v) is 20.1. The van der Waals surface area contributed by atoms with Crippen LogP contribution < -0.4 is 21.0 Å². The van der Waals surface area contributed by atoms with Crippen LogP contribution in [-0.4, -0.2) is 69.8 Å². The molecule has 2 saturated heterocycles. The van der Waals surface area contributed by atoms with Gasteiger partial charge in [-0.05, 0) is 31.0 Å². The van der Waals surface area contributed by atoms with Crippen molar-refractivity contribution in [3.8, 4) is 5.75 Å². The fourth-order valence-corrected chi connectivity index (χ4v) is 5.48. The molecule has 0 spiro atoms. The molecule has 2 fully saturated rings. The number of amides is 1. The molecule has 2 aromatic rings. The lowest BCUT2D eigenvalue weighted by Crippen LogP contribution is -2.48. The van der Waals surface area contributed by atoms with Crippen LogP contribution >= 0.6 is 7.75 Å². The van der Waals surface area contributed by atoms with Crippen molar-refractivity contribution in [3.63, 3.8) is 0 Å². The lowest BCUT2D eigenvalue weighted by atomic mass is 10.1. The molecule has 1 amide bonds. The number of aliphatic hydroxyl groups is 1.